The summed E-state index contributed by atoms with van der Waals surface area (Å²) in [6.45, 7) is 0.182. The number of benzene rings is 2. The van der Waals surface area contributed by atoms with Crippen LogP contribution in [0, 0.1) is 0 Å². The summed E-state index contributed by atoms with van der Waals surface area (Å²) in [7, 11) is 1.45. The van der Waals surface area contributed by atoms with Crippen LogP contribution in [0.25, 0.3) is 0 Å². The monoisotopic (exact) mass is 405 g/mol. The molecular weight excluding hydrogens is 382 g/mol. The predicted molar refractivity (Wildman–Crippen MR) is 108 cm³/mol. The minimum Gasteiger partial charge on any atom is -0.504 e. The predicted octanol–water partition coefficient (Wildman–Crippen LogP) is 3.94. The first-order valence-corrected chi connectivity index (χ1v) is 9.32. The molecule has 0 fully saturated rings. The molecule has 0 radical (unpaired) electrons. The molecule has 7 nitrogen and oxygen atoms in total. The summed E-state index contributed by atoms with van der Waals surface area (Å²) in [5, 5.41) is 12.7. The number of thiol groups is 1. The average molecular weight is 405 g/mol. The summed E-state index contributed by atoms with van der Waals surface area (Å²) >= 11 is 3.85. The molecule has 0 aliphatic carbocycles. The summed E-state index contributed by atoms with van der Waals surface area (Å²) in [5.41, 5.74) is 1.20. The largest absolute Gasteiger partial charge is 0.504 e. The van der Waals surface area contributed by atoms with E-state index in [1.807, 2.05) is 6.07 Å². The molecule has 0 spiro atoms. The number of ether oxygens (including phenoxy) is 3. The van der Waals surface area contributed by atoms with Gasteiger partial charge in [-0.2, -0.15) is 12.6 Å². The Bertz CT molecular complexity index is 784. The number of para-hydroxylation sites is 1. The highest BCUT2D eigenvalue weighted by atomic mass is 32.1. The smallest absolute Gasteiger partial charge is 0.412 e. The van der Waals surface area contributed by atoms with Crippen molar-refractivity contribution in [3.8, 4) is 11.5 Å². The molecule has 150 valence electrons. The Hall–Kier alpha value is -2.87. The molecule has 1 amide bonds. The normalized spacial score (nSPS) is 11.4. The maximum absolute atomic E-state index is 12.3. The van der Waals surface area contributed by atoms with Crippen molar-refractivity contribution in [2.24, 2.45) is 0 Å². The minimum atomic E-state index is -0.643. The first-order valence-electron chi connectivity index (χ1n) is 8.69. The number of aromatic hydroxyl groups is 1. The molecule has 0 bridgehead atoms. The van der Waals surface area contributed by atoms with Crippen LogP contribution in [0.1, 0.15) is 24.5 Å². The zero-order chi connectivity index (χ0) is 20.4. The van der Waals surface area contributed by atoms with E-state index < -0.39 is 18.2 Å². The number of rotatable bonds is 9. The molecule has 2 aromatic rings. The number of esters is 1. The topological polar surface area (TPSA) is 94.1 Å². The maximum Gasteiger partial charge on any atom is 0.412 e. The van der Waals surface area contributed by atoms with E-state index in [2.05, 4.69) is 17.9 Å². The Morgan fingerprint density at radius 3 is 2.57 bits per heavy atom. The van der Waals surface area contributed by atoms with E-state index in [1.54, 1.807) is 36.4 Å². The van der Waals surface area contributed by atoms with Crippen LogP contribution in [0.4, 0.5) is 10.5 Å². The molecule has 0 saturated carbocycles. The lowest BCUT2D eigenvalue weighted by Crippen LogP contribution is -2.18. The van der Waals surface area contributed by atoms with Crippen molar-refractivity contribution >= 4 is 30.4 Å². The Morgan fingerprint density at radius 1 is 1.18 bits per heavy atom. The van der Waals surface area contributed by atoms with Crippen molar-refractivity contribution in [3.05, 3.63) is 54.1 Å². The van der Waals surface area contributed by atoms with Crippen LogP contribution in [-0.2, 0) is 14.3 Å². The van der Waals surface area contributed by atoms with Crippen LogP contribution in [-0.4, -0.2) is 36.6 Å². The molecule has 0 aromatic heterocycles. The highest BCUT2D eigenvalue weighted by Crippen LogP contribution is 2.32. The van der Waals surface area contributed by atoms with Gasteiger partial charge in [-0.3, -0.25) is 10.1 Å². The highest BCUT2D eigenvalue weighted by Gasteiger charge is 2.19. The Kier molecular flexibility index (Phi) is 8.48. The Morgan fingerprint density at radius 2 is 1.93 bits per heavy atom. The molecule has 1 atom stereocenters. The minimum absolute atomic E-state index is 0.00572. The quantitative estimate of drug-likeness (QED) is 0.332. The molecular formula is C20H23NO6S. The van der Waals surface area contributed by atoms with E-state index in [0.717, 1.165) is 0 Å². The second-order valence-electron chi connectivity index (χ2n) is 5.84. The molecule has 2 aromatic carbocycles. The summed E-state index contributed by atoms with van der Waals surface area (Å²) in [4.78, 5) is 23.5. The van der Waals surface area contributed by atoms with Gasteiger partial charge in [-0.05, 0) is 42.7 Å². The highest BCUT2D eigenvalue weighted by molar-refractivity contribution is 7.81. The first kappa shape index (κ1) is 21.4. The van der Waals surface area contributed by atoms with E-state index in [9.17, 15) is 14.7 Å². The van der Waals surface area contributed by atoms with E-state index in [-0.39, 0.29) is 18.1 Å². The van der Waals surface area contributed by atoms with Gasteiger partial charge in [-0.15, -0.1) is 0 Å². The summed E-state index contributed by atoms with van der Waals surface area (Å²) in [5.74, 6) is -0.145. The number of phenolic OH excluding ortho intramolecular Hbond substituents is 1. The zero-order valence-corrected chi connectivity index (χ0v) is 16.4. The average Bonchev–Trinajstić information content (AvgIpc) is 2.70. The van der Waals surface area contributed by atoms with Gasteiger partial charge >= 0.3 is 12.1 Å². The summed E-state index contributed by atoms with van der Waals surface area (Å²) in [6.07, 6.45) is -0.405. The molecule has 28 heavy (non-hydrogen) atoms. The third-order valence-corrected chi connectivity index (χ3v) is 4.11. The number of amides is 1. The number of nitrogens with one attached hydrogen (secondary N) is 1. The zero-order valence-electron chi connectivity index (χ0n) is 15.5. The lowest BCUT2D eigenvalue weighted by molar-refractivity contribution is -0.140. The van der Waals surface area contributed by atoms with E-state index in [1.165, 1.54) is 13.2 Å². The second kappa shape index (κ2) is 11.1. The standard InChI is InChI=1S/C20H23NO6S/c1-25-18-10-9-14(12-16(18)22)17(8-5-11-26-19(23)13-28)27-20(24)21-15-6-3-2-4-7-15/h2-4,6-7,9-10,12,17,22,28H,5,8,11,13H2,1H3,(H,21,24)/t17-/m0/s1. The van der Waals surface area contributed by atoms with E-state index in [4.69, 9.17) is 14.2 Å². The van der Waals surface area contributed by atoms with Crippen molar-refractivity contribution in [3.63, 3.8) is 0 Å². The fraction of sp³-hybridized carbons (Fsp3) is 0.300. The van der Waals surface area contributed by atoms with Crippen LogP contribution in [0.3, 0.4) is 0 Å². The van der Waals surface area contributed by atoms with Gasteiger partial charge in [0, 0.05) is 5.69 Å². The van der Waals surface area contributed by atoms with Gasteiger partial charge in [0.2, 0.25) is 0 Å². The van der Waals surface area contributed by atoms with Gasteiger partial charge < -0.3 is 19.3 Å². The van der Waals surface area contributed by atoms with Crippen LogP contribution in [0.5, 0.6) is 11.5 Å². The maximum atomic E-state index is 12.3. The van der Waals surface area contributed by atoms with Gasteiger partial charge in [-0.1, -0.05) is 24.3 Å². The van der Waals surface area contributed by atoms with E-state index in [0.29, 0.717) is 29.8 Å². The SMILES string of the molecule is COc1ccc([C@H](CCCOC(=O)CS)OC(=O)Nc2ccccc2)cc1O. The van der Waals surface area contributed by atoms with Crippen molar-refractivity contribution in [1.82, 2.24) is 0 Å². The van der Waals surface area contributed by atoms with Gasteiger partial charge in [-0.25, -0.2) is 4.79 Å². The Labute approximate surface area is 169 Å². The molecule has 0 saturated heterocycles. The number of phenols is 1. The molecule has 0 aliphatic heterocycles. The van der Waals surface area contributed by atoms with Crippen molar-refractivity contribution in [1.29, 1.82) is 0 Å². The van der Waals surface area contributed by atoms with Crippen LogP contribution >= 0.6 is 12.6 Å². The molecule has 2 rings (SSSR count). The van der Waals surface area contributed by atoms with Crippen LogP contribution < -0.4 is 10.1 Å². The number of methoxy groups -OCH3 is 1. The van der Waals surface area contributed by atoms with Crippen molar-refractivity contribution in [2.45, 2.75) is 18.9 Å². The van der Waals surface area contributed by atoms with Gasteiger partial charge in [0.05, 0.1) is 19.5 Å². The van der Waals surface area contributed by atoms with E-state index >= 15 is 0 Å². The number of hydrogen-bond donors (Lipinski definition) is 3. The fourth-order valence-corrected chi connectivity index (χ4v) is 2.59. The van der Waals surface area contributed by atoms with Crippen molar-refractivity contribution in [2.75, 3.05) is 24.8 Å². The number of hydrogen-bond acceptors (Lipinski definition) is 7. The van der Waals surface area contributed by atoms with Gasteiger partial charge in [0.15, 0.2) is 11.5 Å². The lowest BCUT2D eigenvalue weighted by atomic mass is 10.0. The third kappa shape index (κ3) is 6.70. The Balaban J connectivity index is 2.05. The summed E-state index contributed by atoms with van der Waals surface area (Å²) in [6, 6.07) is 13.7. The third-order valence-electron chi connectivity index (χ3n) is 3.85. The van der Waals surface area contributed by atoms with Gasteiger partial charge in [0.1, 0.15) is 6.10 Å². The summed E-state index contributed by atoms with van der Waals surface area (Å²) < 4.78 is 15.6. The number of anilines is 1. The molecule has 0 heterocycles. The van der Waals surface area contributed by atoms with Crippen molar-refractivity contribution < 1.29 is 28.9 Å². The first-order chi connectivity index (χ1) is 13.5. The molecule has 8 heteroatoms. The molecule has 0 aliphatic rings. The number of carbonyl (C=O) groups excluding carboxylic acids is 2. The second-order valence-corrected chi connectivity index (χ2v) is 6.15. The lowest BCUT2D eigenvalue weighted by Gasteiger charge is -2.19. The van der Waals surface area contributed by atoms with Crippen LogP contribution in [0.2, 0.25) is 0 Å². The van der Waals surface area contributed by atoms with Crippen LogP contribution in [0.15, 0.2) is 48.5 Å². The van der Waals surface area contributed by atoms with Gasteiger partial charge in [0.25, 0.3) is 0 Å². The molecule has 2 N–H and O–H groups in total. The number of carbonyl (C=O) groups is 2. The molecule has 0 unspecified atom stereocenters. The fourth-order valence-electron chi connectivity index (χ4n) is 2.50.